The van der Waals surface area contributed by atoms with Gasteiger partial charge in [0.05, 0.1) is 11.1 Å². The predicted molar refractivity (Wildman–Crippen MR) is 62.7 cm³/mol. The second-order valence-corrected chi connectivity index (χ2v) is 5.36. The van der Waals surface area contributed by atoms with Gasteiger partial charge in [-0.2, -0.15) is 5.06 Å². The standard InChI is InChI=1S/C12H17N3O2/c1-11(2)7-9(12(3,4)15(11)17)10(16)14-6-5-13-8-14/h5-8,17H,1-4H3. The summed E-state index contributed by atoms with van der Waals surface area (Å²) in [5.41, 5.74) is -0.678. The number of hydroxylamine groups is 2. The number of carbonyl (C=O) groups is 1. The van der Waals surface area contributed by atoms with E-state index in [9.17, 15) is 10.0 Å². The van der Waals surface area contributed by atoms with Crippen molar-refractivity contribution in [3.8, 4) is 0 Å². The largest absolute Gasteiger partial charge is 0.312 e. The van der Waals surface area contributed by atoms with Crippen LogP contribution in [0.4, 0.5) is 0 Å². The molecule has 0 spiro atoms. The lowest BCUT2D eigenvalue weighted by Gasteiger charge is -2.35. The molecule has 1 aliphatic heterocycles. The Morgan fingerprint density at radius 2 is 2.00 bits per heavy atom. The Balaban J connectivity index is 2.43. The smallest absolute Gasteiger partial charge is 0.260 e. The van der Waals surface area contributed by atoms with Crippen molar-refractivity contribution in [2.45, 2.75) is 38.8 Å². The summed E-state index contributed by atoms with van der Waals surface area (Å²) in [7, 11) is 0. The topological polar surface area (TPSA) is 58.4 Å². The SMILES string of the molecule is CC1(C)C=C(C(=O)n2ccnc2)C(C)(C)N1O. The van der Waals surface area contributed by atoms with Gasteiger partial charge in [-0.1, -0.05) is 6.08 Å². The monoisotopic (exact) mass is 235 g/mol. The molecular formula is C12H17N3O2. The molecule has 5 nitrogen and oxygen atoms in total. The molecule has 0 radical (unpaired) electrons. The summed E-state index contributed by atoms with van der Waals surface area (Å²) in [5, 5.41) is 11.3. The normalized spacial score (nSPS) is 22.5. The van der Waals surface area contributed by atoms with E-state index in [4.69, 9.17) is 0 Å². The number of hydrogen-bond donors (Lipinski definition) is 1. The first-order valence-corrected chi connectivity index (χ1v) is 5.52. The predicted octanol–water partition coefficient (Wildman–Crippen LogP) is 1.71. The van der Waals surface area contributed by atoms with E-state index < -0.39 is 11.1 Å². The zero-order valence-corrected chi connectivity index (χ0v) is 10.5. The number of carbonyl (C=O) groups excluding carboxylic acids is 1. The molecule has 0 bridgehead atoms. The molecule has 92 valence electrons. The van der Waals surface area contributed by atoms with Crippen molar-refractivity contribution < 1.29 is 10.0 Å². The van der Waals surface area contributed by atoms with Crippen LogP contribution in [0.5, 0.6) is 0 Å². The van der Waals surface area contributed by atoms with Crippen LogP contribution in [0.25, 0.3) is 0 Å². The minimum absolute atomic E-state index is 0.155. The number of nitrogens with zero attached hydrogens (tertiary/aromatic N) is 3. The lowest BCUT2D eigenvalue weighted by molar-refractivity contribution is -0.184. The molecule has 0 saturated heterocycles. The Morgan fingerprint density at radius 1 is 1.35 bits per heavy atom. The number of hydrogen-bond acceptors (Lipinski definition) is 4. The van der Waals surface area contributed by atoms with Crippen molar-refractivity contribution in [3.05, 3.63) is 30.4 Å². The molecule has 1 N–H and O–H groups in total. The Morgan fingerprint density at radius 3 is 2.41 bits per heavy atom. The summed E-state index contributed by atoms with van der Waals surface area (Å²) in [4.78, 5) is 16.1. The molecule has 0 unspecified atom stereocenters. The zero-order chi connectivity index (χ0) is 12.8. The Bertz CT molecular complexity index is 472. The molecular weight excluding hydrogens is 218 g/mol. The van der Waals surface area contributed by atoms with Gasteiger partial charge in [0.25, 0.3) is 5.91 Å². The fraction of sp³-hybridized carbons (Fsp3) is 0.500. The van der Waals surface area contributed by atoms with Gasteiger partial charge in [-0.15, -0.1) is 0 Å². The van der Waals surface area contributed by atoms with Crippen LogP contribution >= 0.6 is 0 Å². The fourth-order valence-electron chi connectivity index (χ4n) is 2.27. The van der Waals surface area contributed by atoms with E-state index in [0.717, 1.165) is 0 Å². The van der Waals surface area contributed by atoms with Crippen LogP contribution < -0.4 is 0 Å². The average molecular weight is 235 g/mol. The first-order valence-electron chi connectivity index (χ1n) is 5.52. The maximum absolute atomic E-state index is 12.3. The molecule has 0 fully saturated rings. The summed E-state index contributed by atoms with van der Waals surface area (Å²) in [6.45, 7) is 7.37. The lowest BCUT2D eigenvalue weighted by Crippen LogP contribution is -2.48. The molecule has 0 saturated carbocycles. The summed E-state index contributed by atoms with van der Waals surface area (Å²) in [5.74, 6) is -0.155. The molecule has 1 aliphatic rings. The molecule has 17 heavy (non-hydrogen) atoms. The second kappa shape index (κ2) is 3.51. The van der Waals surface area contributed by atoms with Gasteiger partial charge in [-0.25, -0.2) is 4.98 Å². The van der Waals surface area contributed by atoms with E-state index in [1.807, 2.05) is 27.7 Å². The van der Waals surface area contributed by atoms with Crippen LogP contribution in [0.2, 0.25) is 0 Å². The third kappa shape index (κ3) is 1.71. The van der Waals surface area contributed by atoms with Crippen LogP contribution in [-0.4, -0.2) is 36.8 Å². The second-order valence-electron chi connectivity index (χ2n) is 5.36. The molecule has 1 aromatic heterocycles. The van der Waals surface area contributed by atoms with E-state index in [-0.39, 0.29) is 5.91 Å². The van der Waals surface area contributed by atoms with Gasteiger partial charge in [0.2, 0.25) is 0 Å². The highest BCUT2D eigenvalue weighted by Gasteiger charge is 2.47. The van der Waals surface area contributed by atoms with Crippen molar-refractivity contribution in [1.82, 2.24) is 14.6 Å². The fourth-order valence-corrected chi connectivity index (χ4v) is 2.27. The summed E-state index contributed by atoms with van der Waals surface area (Å²) in [6.07, 6.45) is 6.43. The Kier molecular flexibility index (Phi) is 2.48. The highest BCUT2D eigenvalue weighted by Crippen LogP contribution is 2.38. The van der Waals surface area contributed by atoms with Gasteiger partial charge >= 0.3 is 0 Å². The molecule has 2 rings (SSSR count). The number of imidazole rings is 1. The minimum Gasteiger partial charge on any atom is -0.312 e. The van der Waals surface area contributed by atoms with Crippen molar-refractivity contribution >= 4 is 5.91 Å². The quantitative estimate of drug-likeness (QED) is 0.805. The van der Waals surface area contributed by atoms with Crippen molar-refractivity contribution in [2.75, 3.05) is 0 Å². The Labute approximate surface area is 100 Å². The Hall–Kier alpha value is -1.46. The third-order valence-corrected chi connectivity index (χ3v) is 3.20. The van der Waals surface area contributed by atoms with E-state index >= 15 is 0 Å². The molecule has 5 heteroatoms. The molecule has 0 atom stereocenters. The highest BCUT2D eigenvalue weighted by atomic mass is 16.5. The summed E-state index contributed by atoms with van der Waals surface area (Å²) in [6, 6.07) is 0. The van der Waals surface area contributed by atoms with Gasteiger partial charge in [-0.3, -0.25) is 9.36 Å². The van der Waals surface area contributed by atoms with Gasteiger partial charge in [0.1, 0.15) is 6.33 Å². The maximum atomic E-state index is 12.3. The van der Waals surface area contributed by atoms with E-state index in [1.54, 1.807) is 18.5 Å². The van der Waals surface area contributed by atoms with E-state index in [1.165, 1.54) is 16.0 Å². The molecule has 1 aromatic rings. The van der Waals surface area contributed by atoms with Crippen LogP contribution in [0.1, 0.15) is 32.5 Å². The van der Waals surface area contributed by atoms with Crippen LogP contribution in [0.15, 0.2) is 30.4 Å². The van der Waals surface area contributed by atoms with E-state index in [0.29, 0.717) is 5.57 Å². The van der Waals surface area contributed by atoms with Crippen LogP contribution in [0, 0.1) is 0 Å². The first kappa shape index (κ1) is 12.0. The minimum atomic E-state index is -0.704. The van der Waals surface area contributed by atoms with Gasteiger partial charge < -0.3 is 5.21 Å². The van der Waals surface area contributed by atoms with Crippen LogP contribution in [-0.2, 0) is 0 Å². The van der Waals surface area contributed by atoms with Crippen molar-refractivity contribution in [3.63, 3.8) is 0 Å². The third-order valence-electron chi connectivity index (χ3n) is 3.20. The maximum Gasteiger partial charge on any atom is 0.260 e. The van der Waals surface area contributed by atoms with E-state index in [2.05, 4.69) is 4.98 Å². The van der Waals surface area contributed by atoms with Crippen molar-refractivity contribution in [2.24, 2.45) is 0 Å². The van der Waals surface area contributed by atoms with Crippen molar-refractivity contribution in [1.29, 1.82) is 0 Å². The first-order chi connectivity index (χ1) is 7.77. The highest BCUT2D eigenvalue weighted by molar-refractivity contribution is 5.98. The van der Waals surface area contributed by atoms with Gasteiger partial charge in [0, 0.05) is 18.0 Å². The molecule has 0 aliphatic carbocycles. The number of rotatable bonds is 1. The molecule has 0 aromatic carbocycles. The molecule has 2 heterocycles. The average Bonchev–Trinajstić information content (AvgIpc) is 2.81. The summed E-state index contributed by atoms with van der Waals surface area (Å²) < 4.78 is 1.42. The molecule has 0 amide bonds. The zero-order valence-electron chi connectivity index (χ0n) is 10.5. The van der Waals surface area contributed by atoms with Crippen LogP contribution in [0.3, 0.4) is 0 Å². The summed E-state index contributed by atoms with van der Waals surface area (Å²) >= 11 is 0. The van der Waals surface area contributed by atoms with Gasteiger partial charge in [-0.05, 0) is 27.7 Å². The lowest BCUT2D eigenvalue weighted by atomic mass is 9.96. The number of aromatic nitrogens is 2. The van der Waals surface area contributed by atoms with Gasteiger partial charge in [0.15, 0.2) is 0 Å².